The lowest BCUT2D eigenvalue weighted by atomic mass is 9.48. The standard InChI is InChI=1S/C23H34O4/c1-14(24)26-17-9-11-22(3)16(13-17)5-6-18-19-7-8-21(27-15(2)25)23(19,4)12-10-20(18)22/h6,16-17,19-21H,5,7-13H2,1-4H3/t16-,17-,19-,20-,21-,22-,23-/m0/s1. The van der Waals surface area contributed by atoms with Gasteiger partial charge in [-0.3, -0.25) is 9.59 Å². The van der Waals surface area contributed by atoms with E-state index in [0.29, 0.717) is 23.2 Å². The maximum Gasteiger partial charge on any atom is 0.302 e. The highest BCUT2D eigenvalue weighted by Crippen LogP contribution is 2.65. The van der Waals surface area contributed by atoms with Gasteiger partial charge in [0, 0.05) is 19.3 Å². The maximum absolute atomic E-state index is 11.6. The van der Waals surface area contributed by atoms with Crippen molar-refractivity contribution in [1.29, 1.82) is 0 Å². The molecular formula is C23H34O4. The van der Waals surface area contributed by atoms with Crippen LogP contribution in [-0.4, -0.2) is 24.1 Å². The molecule has 0 saturated heterocycles. The average molecular weight is 375 g/mol. The molecule has 4 aliphatic rings. The largest absolute Gasteiger partial charge is 0.463 e. The minimum Gasteiger partial charge on any atom is -0.463 e. The monoisotopic (exact) mass is 374 g/mol. The van der Waals surface area contributed by atoms with Gasteiger partial charge in [0.25, 0.3) is 0 Å². The minimum atomic E-state index is -0.147. The fraction of sp³-hybridized carbons (Fsp3) is 0.826. The molecular weight excluding hydrogens is 340 g/mol. The summed E-state index contributed by atoms with van der Waals surface area (Å²) in [6, 6.07) is 0. The topological polar surface area (TPSA) is 52.6 Å². The molecule has 0 aromatic heterocycles. The van der Waals surface area contributed by atoms with Crippen molar-refractivity contribution in [1.82, 2.24) is 0 Å². The molecule has 0 N–H and O–H groups in total. The number of esters is 2. The molecule has 3 fully saturated rings. The number of hydrogen-bond acceptors (Lipinski definition) is 4. The fourth-order valence-electron chi connectivity index (χ4n) is 7.16. The zero-order valence-electron chi connectivity index (χ0n) is 17.3. The van der Waals surface area contributed by atoms with E-state index in [2.05, 4.69) is 19.9 Å². The first kappa shape index (κ1) is 19.0. The second-order valence-electron chi connectivity index (χ2n) is 9.97. The van der Waals surface area contributed by atoms with Gasteiger partial charge < -0.3 is 9.47 Å². The van der Waals surface area contributed by atoms with Gasteiger partial charge in [-0.05, 0) is 74.5 Å². The molecule has 0 spiro atoms. The third kappa shape index (κ3) is 3.03. The molecule has 0 bridgehead atoms. The van der Waals surface area contributed by atoms with Crippen LogP contribution in [-0.2, 0) is 19.1 Å². The molecule has 0 unspecified atom stereocenters. The zero-order chi connectivity index (χ0) is 19.4. The number of carbonyl (C=O) groups is 2. The molecule has 4 aliphatic carbocycles. The first-order valence-electron chi connectivity index (χ1n) is 10.8. The van der Waals surface area contributed by atoms with E-state index in [1.165, 1.54) is 20.3 Å². The first-order valence-corrected chi connectivity index (χ1v) is 10.8. The van der Waals surface area contributed by atoms with Crippen LogP contribution in [0.5, 0.6) is 0 Å². The Morgan fingerprint density at radius 3 is 2.30 bits per heavy atom. The Labute approximate surface area is 163 Å². The molecule has 0 radical (unpaired) electrons. The first-order chi connectivity index (χ1) is 12.7. The van der Waals surface area contributed by atoms with E-state index in [1.54, 1.807) is 5.57 Å². The Morgan fingerprint density at radius 2 is 1.59 bits per heavy atom. The van der Waals surface area contributed by atoms with Gasteiger partial charge in [-0.1, -0.05) is 25.5 Å². The van der Waals surface area contributed by atoms with Crippen LogP contribution in [0, 0.1) is 28.6 Å². The van der Waals surface area contributed by atoms with Crippen LogP contribution in [0.4, 0.5) is 0 Å². The van der Waals surface area contributed by atoms with Crippen molar-refractivity contribution in [3.8, 4) is 0 Å². The van der Waals surface area contributed by atoms with Gasteiger partial charge in [0.2, 0.25) is 0 Å². The van der Waals surface area contributed by atoms with Crippen LogP contribution in [0.15, 0.2) is 11.6 Å². The Balaban J connectivity index is 1.56. The Kier molecular flexibility index (Phi) is 4.67. The van der Waals surface area contributed by atoms with Crippen molar-refractivity contribution in [2.45, 2.75) is 91.3 Å². The molecule has 0 aliphatic heterocycles. The molecule has 3 saturated carbocycles. The van der Waals surface area contributed by atoms with Crippen LogP contribution < -0.4 is 0 Å². The lowest BCUT2D eigenvalue weighted by Gasteiger charge is -2.57. The van der Waals surface area contributed by atoms with Crippen molar-refractivity contribution in [3.63, 3.8) is 0 Å². The average Bonchev–Trinajstić information content (AvgIpc) is 2.91. The van der Waals surface area contributed by atoms with Gasteiger partial charge in [0.15, 0.2) is 0 Å². The predicted molar refractivity (Wildman–Crippen MR) is 103 cm³/mol. The van der Waals surface area contributed by atoms with Crippen LogP contribution in [0.1, 0.15) is 79.1 Å². The summed E-state index contributed by atoms with van der Waals surface area (Å²) in [6.07, 6.45) is 11.4. The van der Waals surface area contributed by atoms with E-state index in [9.17, 15) is 9.59 Å². The van der Waals surface area contributed by atoms with E-state index >= 15 is 0 Å². The lowest BCUT2D eigenvalue weighted by Crippen LogP contribution is -2.50. The molecule has 0 aromatic carbocycles. The SMILES string of the molecule is CC(=O)O[C@H]1CC[C@@]2(C)[C@@H](CC=C3[C@@H]2CC[C@]2(C)[C@@H](OC(C)=O)CC[C@@H]32)C1. The molecule has 150 valence electrons. The second kappa shape index (κ2) is 6.63. The van der Waals surface area contributed by atoms with Gasteiger partial charge in [-0.25, -0.2) is 0 Å². The summed E-state index contributed by atoms with van der Waals surface area (Å²) in [5.74, 6) is 1.52. The number of rotatable bonds is 2. The second-order valence-corrected chi connectivity index (χ2v) is 9.97. The van der Waals surface area contributed by atoms with Crippen molar-refractivity contribution >= 4 is 11.9 Å². The Morgan fingerprint density at radius 1 is 0.926 bits per heavy atom. The van der Waals surface area contributed by atoms with Crippen molar-refractivity contribution < 1.29 is 19.1 Å². The van der Waals surface area contributed by atoms with Crippen LogP contribution in [0.2, 0.25) is 0 Å². The Hall–Kier alpha value is -1.32. The highest BCUT2D eigenvalue weighted by Gasteiger charge is 2.58. The fourth-order valence-corrected chi connectivity index (χ4v) is 7.16. The third-order valence-electron chi connectivity index (χ3n) is 8.59. The summed E-state index contributed by atoms with van der Waals surface area (Å²) < 4.78 is 11.3. The van der Waals surface area contributed by atoms with Gasteiger partial charge in [0.1, 0.15) is 12.2 Å². The van der Waals surface area contributed by atoms with Gasteiger partial charge >= 0.3 is 11.9 Å². The van der Waals surface area contributed by atoms with E-state index in [-0.39, 0.29) is 29.6 Å². The smallest absolute Gasteiger partial charge is 0.302 e. The van der Waals surface area contributed by atoms with Gasteiger partial charge in [-0.2, -0.15) is 0 Å². The summed E-state index contributed by atoms with van der Waals surface area (Å²) in [7, 11) is 0. The summed E-state index contributed by atoms with van der Waals surface area (Å²) in [4.78, 5) is 22.9. The summed E-state index contributed by atoms with van der Waals surface area (Å²) in [5, 5.41) is 0. The number of allylic oxidation sites excluding steroid dienone is 2. The number of hydrogen-bond donors (Lipinski definition) is 0. The van der Waals surface area contributed by atoms with Crippen molar-refractivity contribution in [3.05, 3.63) is 11.6 Å². The normalized spacial score (nSPS) is 45.8. The van der Waals surface area contributed by atoms with E-state index in [4.69, 9.17) is 9.47 Å². The quantitative estimate of drug-likeness (QED) is 0.514. The number of ether oxygens (including phenoxy) is 2. The van der Waals surface area contributed by atoms with Gasteiger partial charge in [0.05, 0.1) is 0 Å². The molecule has 4 rings (SSSR count). The zero-order valence-corrected chi connectivity index (χ0v) is 17.3. The number of fused-ring (bicyclic) bond motifs is 5. The molecule has 4 heteroatoms. The van der Waals surface area contributed by atoms with E-state index in [0.717, 1.165) is 44.9 Å². The summed E-state index contributed by atoms with van der Waals surface area (Å²) >= 11 is 0. The van der Waals surface area contributed by atoms with Crippen LogP contribution in [0.25, 0.3) is 0 Å². The van der Waals surface area contributed by atoms with Gasteiger partial charge in [-0.15, -0.1) is 0 Å². The highest BCUT2D eigenvalue weighted by atomic mass is 16.5. The highest BCUT2D eigenvalue weighted by molar-refractivity contribution is 5.66. The molecule has 27 heavy (non-hydrogen) atoms. The van der Waals surface area contributed by atoms with E-state index < -0.39 is 0 Å². The Bertz CT molecular complexity index is 667. The van der Waals surface area contributed by atoms with Crippen LogP contribution >= 0.6 is 0 Å². The molecule has 7 atom stereocenters. The molecule has 0 heterocycles. The van der Waals surface area contributed by atoms with Crippen molar-refractivity contribution in [2.24, 2.45) is 28.6 Å². The lowest BCUT2D eigenvalue weighted by molar-refractivity contribution is -0.154. The third-order valence-corrected chi connectivity index (χ3v) is 8.59. The summed E-state index contributed by atoms with van der Waals surface area (Å²) in [5.41, 5.74) is 2.08. The molecule has 0 aromatic rings. The molecule has 0 amide bonds. The van der Waals surface area contributed by atoms with E-state index in [1.807, 2.05) is 0 Å². The maximum atomic E-state index is 11.6. The van der Waals surface area contributed by atoms with Crippen LogP contribution in [0.3, 0.4) is 0 Å². The minimum absolute atomic E-state index is 0.0760. The van der Waals surface area contributed by atoms with Crippen molar-refractivity contribution in [2.75, 3.05) is 0 Å². The summed E-state index contributed by atoms with van der Waals surface area (Å²) in [6.45, 7) is 7.89. The number of carbonyl (C=O) groups excluding carboxylic acids is 2. The predicted octanol–water partition coefficient (Wildman–Crippen LogP) is 4.81. The molecule has 4 nitrogen and oxygen atoms in total.